The first-order valence-electron chi connectivity index (χ1n) is 11.2. The van der Waals surface area contributed by atoms with Crippen molar-refractivity contribution in [1.82, 2.24) is 9.55 Å². The number of rotatable bonds is 2. The van der Waals surface area contributed by atoms with Gasteiger partial charge in [0.25, 0.3) is 0 Å². The Morgan fingerprint density at radius 3 is 2.00 bits per heavy atom. The van der Waals surface area contributed by atoms with Crippen LogP contribution in [0.1, 0.15) is 47.3 Å². The van der Waals surface area contributed by atoms with Crippen LogP contribution in [0.5, 0.6) is 0 Å². The molecule has 34 heavy (non-hydrogen) atoms. The van der Waals surface area contributed by atoms with Crippen LogP contribution >= 0.6 is 11.3 Å². The van der Waals surface area contributed by atoms with Gasteiger partial charge in [0.1, 0.15) is 10.7 Å². The number of aromatic nitrogens is 2. The van der Waals surface area contributed by atoms with Crippen molar-refractivity contribution in [3.8, 4) is 10.4 Å². The predicted molar refractivity (Wildman–Crippen MR) is 139 cm³/mol. The molecule has 0 N–H and O–H groups in total. The number of thiophene rings is 1. The maximum absolute atomic E-state index is 13.3. The lowest BCUT2D eigenvalue weighted by atomic mass is 10.0. The van der Waals surface area contributed by atoms with E-state index < -0.39 is 0 Å². The molecule has 1 aliphatic rings. The molecule has 0 atom stereocenters. The molecule has 2 aromatic heterocycles. The second-order valence-electron chi connectivity index (χ2n) is 9.60. The van der Waals surface area contributed by atoms with Crippen LogP contribution in [0.2, 0.25) is 0 Å². The number of benzene rings is 3. The summed E-state index contributed by atoms with van der Waals surface area (Å²) in [5, 5.41) is 1.91. The lowest BCUT2D eigenvalue weighted by molar-refractivity contribution is 0.0990. The summed E-state index contributed by atoms with van der Waals surface area (Å²) in [5.74, 6) is 0.160. The highest BCUT2D eigenvalue weighted by atomic mass is 32.1. The zero-order valence-corrected chi connectivity index (χ0v) is 19.9. The van der Waals surface area contributed by atoms with Gasteiger partial charge in [0.2, 0.25) is 0 Å². The minimum Gasteiger partial charge on any atom is -0.318 e. The van der Waals surface area contributed by atoms with Crippen molar-refractivity contribution in [2.75, 3.05) is 0 Å². The standard InChI is InChI=1S/C29H22N2O2S/c1-29(2,3)31-23-16-24(17-9-5-4-6-10-17)34-28(23)30-25(31)15-22-26(32)20-13-18-11-7-8-12-19(18)14-21(20)27(22)33/h4-16H,1-3H3. The van der Waals surface area contributed by atoms with Crippen LogP contribution in [0.4, 0.5) is 0 Å². The van der Waals surface area contributed by atoms with Gasteiger partial charge in [-0.05, 0) is 61.4 Å². The van der Waals surface area contributed by atoms with Crippen molar-refractivity contribution in [2.24, 2.45) is 0 Å². The predicted octanol–water partition coefficient (Wildman–Crippen LogP) is 7.14. The molecule has 166 valence electrons. The molecule has 4 nitrogen and oxygen atoms in total. The van der Waals surface area contributed by atoms with Crippen molar-refractivity contribution < 1.29 is 9.59 Å². The van der Waals surface area contributed by atoms with Crippen molar-refractivity contribution in [1.29, 1.82) is 0 Å². The first kappa shape index (κ1) is 20.8. The number of carbonyl (C=O) groups is 2. The van der Waals surface area contributed by atoms with Gasteiger partial charge in [-0.3, -0.25) is 9.59 Å². The van der Waals surface area contributed by atoms with Gasteiger partial charge in [0.05, 0.1) is 11.1 Å². The van der Waals surface area contributed by atoms with Gasteiger partial charge in [-0.1, -0.05) is 54.6 Å². The minimum absolute atomic E-state index is 0.178. The molecule has 0 aliphatic heterocycles. The Morgan fingerprint density at radius 2 is 1.41 bits per heavy atom. The largest absolute Gasteiger partial charge is 0.318 e. The van der Waals surface area contributed by atoms with Gasteiger partial charge in [-0.25, -0.2) is 4.98 Å². The third kappa shape index (κ3) is 3.16. The molecule has 1 aliphatic carbocycles. The lowest BCUT2D eigenvalue weighted by Gasteiger charge is -2.23. The molecule has 0 radical (unpaired) electrons. The highest BCUT2D eigenvalue weighted by Gasteiger charge is 2.34. The zero-order chi connectivity index (χ0) is 23.6. The molecule has 3 aromatic carbocycles. The molecule has 2 heterocycles. The molecule has 5 aromatic rings. The van der Waals surface area contributed by atoms with Crippen LogP contribution in [0.3, 0.4) is 0 Å². The zero-order valence-electron chi connectivity index (χ0n) is 19.1. The molecule has 0 saturated carbocycles. The molecular formula is C29H22N2O2S. The molecule has 0 amide bonds. The van der Waals surface area contributed by atoms with E-state index in [0.717, 1.165) is 31.6 Å². The fraction of sp³-hybridized carbons (Fsp3) is 0.138. The van der Waals surface area contributed by atoms with Crippen molar-refractivity contribution >= 4 is 50.1 Å². The molecule has 6 rings (SSSR count). The lowest BCUT2D eigenvalue weighted by Crippen LogP contribution is -2.23. The van der Waals surface area contributed by atoms with Gasteiger partial charge in [-0.2, -0.15) is 0 Å². The topological polar surface area (TPSA) is 52.0 Å². The Hall–Kier alpha value is -3.83. The van der Waals surface area contributed by atoms with E-state index in [2.05, 4.69) is 43.5 Å². The summed E-state index contributed by atoms with van der Waals surface area (Å²) in [6.45, 7) is 6.32. The number of hydrogen-bond acceptors (Lipinski definition) is 4. The second kappa shape index (κ2) is 7.34. The summed E-state index contributed by atoms with van der Waals surface area (Å²) in [7, 11) is 0. The number of fused-ring (bicyclic) bond motifs is 3. The summed E-state index contributed by atoms with van der Waals surface area (Å²) in [5.41, 5.74) is 2.98. The molecule has 0 saturated heterocycles. The molecule has 0 spiro atoms. The number of allylic oxidation sites excluding steroid dienone is 1. The average molecular weight is 463 g/mol. The Bertz CT molecular complexity index is 1610. The van der Waals surface area contributed by atoms with E-state index in [4.69, 9.17) is 4.98 Å². The van der Waals surface area contributed by atoms with Crippen molar-refractivity contribution in [3.63, 3.8) is 0 Å². The third-order valence-corrected chi connectivity index (χ3v) is 7.31. The highest BCUT2D eigenvalue weighted by Crippen LogP contribution is 2.38. The van der Waals surface area contributed by atoms with Crippen LogP contribution in [-0.4, -0.2) is 21.1 Å². The maximum atomic E-state index is 13.3. The Morgan fingerprint density at radius 1 is 0.824 bits per heavy atom. The minimum atomic E-state index is -0.289. The van der Waals surface area contributed by atoms with E-state index in [1.807, 2.05) is 54.6 Å². The van der Waals surface area contributed by atoms with Crippen LogP contribution in [0.15, 0.2) is 78.4 Å². The van der Waals surface area contributed by atoms with Gasteiger partial charge in [0.15, 0.2) is 11.6 Å². The van der Waals surface area contributed by atoms with Gasteiger partial charge in [0, 0.05) is 21.5 Å². The van der Waals surface area contributed by atoms with E-state index in [9.17, 15) is 9.59 Å². The number of imidazole rings is 1. The molecule has 0 unspecified atom stereocenters. The summed E-state index contributed by atoms with van der Waals surface area (Å²) in [4.78, 5) is 33.5. The molecule has 0 bridgehead atoms. The average Bonchev–Trinajstić information content (AvgIpc) is 3.44. The fourth-order valence-electron chi connectivity index (χ4n) is 4.71. The Kier molecular flexibility index (Phi) is 4.48. The van der Waals surface area contributed by atoms with Crippen molar-refractivity contribution in [2.45, 2.75) is 26.3 Å². The molecular weight excluding hydrogens is 440 g/mol. The quantitative estimate of drug-likeness (QED) is 0.207. The van der Waals surface area contributed by atoms with Crippen LogP contribution in [-0.2, 0) is 5.54 Å². The first-order valence-corrected chi connectivity index (χ1v) is 12.0. The van der Waals surface area contributed by atoms with Gasteiger partial charge < -0.3 is 4.57 Å². The number of ketones is 2. The molecule has 5 heteroatoms. The van der Waals surface area contributed by atoms with Crippen molar-refractivity contribution in [3.05, 3.63) is 95.3 Å². The second-order valence-corrected chi connectivity index (χ2v) is 10.6. The van der Waals surface area contributed by atoms with Gasteiger partial charge >= 0.3 is 0 Å². The third-order valence-electron chi connectivity index (χ3n) is 6.25. The van der Waals surface area contributed by atoms with Crippen LogP contribution < -0.4 is 0 Å². The smallest absolute Gasteiger partial charge is 0.197 e. The van der Waals surface area contributed by atoms with E-state index in [0.29, 0.717) is 17.0 Å². The number of nitrogens with zero attached hydrogens (tertiary/aromatic N) is 2. The monoisotopic (exact) mass is 462 g/mol. The normalized spacial score (nSPS) is 13.8. The van der Waals surface area contributed by atoms with E-state index in [1.54, 1.807) is 17.4 Å². The van der Waals surface area contributed by atoms with Crippen LogP contribution in [0.25, 0.3) is 37.6 Å². The van der Waals surface area contributed by atoms with Crippen LogP contribution in [0, 0.1) is 0 Å². The van der Waals surface area contributed by atoms with E-state index >= 15 is 0 Å². The highest BCUT2D eigenvalue weighted by molar-refractivity contribution is 7.21. The number of hydrogen-bond donors (Lipinski definition) is 0. The summed E-state index contributed by atoms with van der Waals surface area (Å²) < 4.78 is 2.12. The Labute approximate surface area is 201 Å². The first-order chi connectivity index (χ1) is 16.3. The fourth-order valence-corrected chi connectivity index (χ4v) is 5.73. The SMILES string of the molecule is CC(C)(C)n1c(C=C2C(=O)c3cc4ccccc4cc3C2=O)nc2sc(-c3ccccc3)cc21. The summed E-state index contributed by atoms with van der Waals surface area (Å²) in [6, 6.07) is 23.8. The maximum Gasteiger partial charge on any atom is 0.197 e. The Balaban J connectivity index is 1.50. The number of Topliss-reactive ketones (excluding diaryl/α,β-unsaturated/α-hetero) is 2. The number of carbonyl (C=O) groups excluding carboxylic acids is 2. The summed E-state index contributed by atoms with van der Waals surface area (Å²) in [6.07, 6.45) is 1.68. The van der Waals surface area contributed by atoms with Gasteiger partial charge in [-0.15, -0.1) is 11.3 Å². The van der Waals surface area contributed by atoms with E-state index in [1.165, 1.54) is 0 Å². The molecule has 0 fully saturated rings. The van der Waals surface area contributed by atoms with E-state index in [-0.39, 0.29) is 22.7 Å². The summed E-state index contributed by atoms with van der Waals surface area (Å²) >= 11 is 1.62.